The predicted octanol–water partition coefficient (Wildman–Crippen LogP) is 5.64. The fraction of sp³-hybridized carbons (Fsp3) is 0.407. The van der Waals surface area contributed by atoms with Crippen LogP contribution in [0, 0.1) is 0 Å². The smallest absolute Gasteiger partial charge is 0.161 e. The van der Waals surface area contributed by atoms with Gasteiger partial charge in [0.15, 0.2) is 11.5 Å². The maximum Gasteiger partial charge on any atom is 0.161 e. The Kier molecular flexibility index (Phi) is 6.49. The lowest BCUT2D eigenvalue weighted by Gasteiger charge is -2.42. The number of fused-ring (bicyclic) bond motifs is 2. The van der Waals surface area contributed by atoms with Crippen molar-refractivity contribution in [2.45, 2.75) is 45.4 Å². The maximum absolute atomic E-state index is 5.55. The molecule has 0 N–H and O–H groups in total. The normalized spacial score (nSPS) is 16.2. The molecule has 4 heteroatoms. The highest BCUT2D eigenvalue weighted by atomic mass is 16.5. The molecule has 0 fully saturated rings. The van der Waals surface area contributed by atoms with Crippen molar-refractivity contribution in [2.24, 2.45) is 0 Å². The number of methoxy groups -OCH3 is 2. The number of hydrogen-bond donors (Lipinski definition) is 0. The Balaban J connectivity index is 1.55. The lowest BCUT2D eigenvalue weighted by Crippen LogP contribution is -2.49. The van der Waals surface area contributed by atoms with Crippen LogP contribution in [-0.4, -0.2) is 43.8 Å². The summed E-state index contributed by atoms with van der Waals surface area (Å²) in [5, 5.41) is 2.60. The fourth-order valence-corrected chi connectivity index (χ4v) is 4.92. The Morgan fingerprint density at radius 3 is 2.29 bits per heavy atom. The maximum atomic E-state index is 5.55. The van der Waals surface area contributed by atoms with Crippen molar-refractivity contribution in [3.8, 4) is 11.5 Å². The van der Waals surface area contributed by atoms with Crippen LogP contribution in [0.3, 0.4) is 0 Å². The van der Waals surface area contributed by atoms with E-state index in [1.54, 1.807) is 14.2 Å². The molecule has 0 radical (unpaired) electrons. The standard InChI is InChI=1S/C27H34N2O2/c1-6-27(28(3)19(2)21-12-11-20-9-7-8-10-22(20)15-21)29-14-13-23-16-25(30-4)26(31-5)17-24(23)18-29/h7-12,15-17,19,27H,6,13-14,18H2,1-5H3. The van der Waals surface area contributed by atoms with E-state index in [0.29, 0.717) is 12.2 Å². The van der Waals surface area contributed by atoms with Crippen LogP contribution in [0.15, 0.2) is 54.6 Å². The highest BCUT2D eigenvalue weighted by Gasteiger charge is 2.29. The molecule has 3 aromatic rings. The van der Waals surface area contributed by atoms with Crippen molar-refractivity contribution in [2.75, 3.05) is 27.8 Å². The summed E-state index contributed by atoms with van der Waals surface area (Å²) in [6.07, 6.45) is 2.49. The molecule has 0 amide bonds. The molecule has 1 aliphatic heterocycles. The van der Waals surface area contributed by atoms with Gasteiger partial charge in [0.05, 0.1) is 20.4 Å². The second-order valence-corrected chi connectivity index (χ2v) is 8.53. The second kappa shape index (κ2) is 9.29. The minimum absolute atomic E-state index is 0.335. The first kappa shape index (κ1) is 21.7. The molecule has 0 saturated heterocycles. The Bertz CT molecular complexity index is 1050. The first-order chi connectivity index (χ1) is 15.0. The lowest BCUT2D eigenvalue weighted by molar-refractivity contribution is 0.0232. The molecule has 0 aliphatic carbocycles. The van der Waals surface area contributed by atoms with E-state index in [0.717, 1.165) is 37.4 Å². The topological polar surface area (TPSA) is 24.9 Å². The van der Waals surface area contributed by atoms with Gasteiger partial charge in [0, 0.05) is 19.1 Å². The molecule has 0 saturated carbocycles. The van der Waals surface area contributed by atoms with Crippen LogP contribution in [0.1, 0.15) is 43.0 Å². The van der Waals surface area contributed by atoms with Crippen molar-refractivity contribution in [1.29, 1.82) is 0 Å². The Labute approximate surface area is 186 Å². The van der Waals surface area contributed by atoms with Gasteiger partial charge >= 0.3 is 0 Å². The van der Waals surface area contributed by atoms with Crippen LogP contribution < -0.4 is 9.47 Å². The summed E-state index contributed by atoms with van der Waals surface area (Å²) in [5.41, 5.74) is 4.08. The summed E-state index contributed by atoms with van der Waals surface area (Å²) >= 11 is 0. The SMILES string of the molecule is CCC(N1CCc2cc(OC)c(OC)cc2C1)N(C)C(C)c1ccc2ccccc2c1. The molecular formula is C27H34N2O2. The third-order valence-electron chi connectivity index (χ3n) is 6.87. The highest BCUT2D eigenvalue weighted by Crippen LogP contribution is 2.35. The Hall–Kier alpha value is -2.56. The van der Waals surface area contributed by atoms with Crippen molar-refractivity contribution in [1.82, 2.24) is 9.80 Å². The highest BCUT2D eigenvalue weighted by molar-refractivity contribution is 5.83. The molecule has 3 aromatic carbocycles. The number of benzene rings is 3. The van der Waals surface area contributed by atoms with Gasteiger partial charge in [-0.3, -0.25) is 9.80 Å². The molecule has 0 aromatic heterocycles. The monoisotopic (exact) mass is 418 g/mol. The third kappa shape index (κ3) is 4.28. The summed E-state index contributed by atoms with van der Waals surface area (Å²) in [7, 11) is 5.67. The van der Waals surface area contributed by atoms with Crippen LogP contribution in [-0.2, 0) is 13.0 Å². The van der Waals surface area contributed by atoms with Gasteiger partial charge in [-0.25, -0.2) is 0 Å². The Morgan fingerprint density at radius 1 is 0.935 bits per heavy atom. The Morgan fingerprint density at radius 2 is 1.61 bits per heavy atom. The fourth-order valence-electron chi connectivity index (χ4n) is 4.92. The van der Waals surface area contributed by atoms with Gasteiger partial charge in [-0.15, -0.1) is 0 Å². The van der Waals surface area contributed by atoms with Gasteiger partial charge in [-0.05, 0) is 72.5 Å². The summed E-state index contributed by atoms with van der Waals surface area (Å²) in [4.78, 5) is 5.13. The molecule has 0 spiro atoms. The van der Waals surface area contributed by atoms with Crippen molar-refractivity contribution in [3.63, 3.8) is 0 Å². The summed E-state index contributed by atoms with van der Waals surface area (Å²) in [6, 6.07) is 20.1. The number of hydrogen-bond acceptors (Lipinski definition) is 4. The third-order valence-corrected chi connectivity index (χ3v) is 6.87. The number of ether oxygens (including phenoxy) is 2. The van der Waals surface area contributed by atoms with Crippen LogP contribution in [0.25, 0.3) is 10.8 Å². The molecule has 1 aliphatic rings. The largest absolute Gasteiger partial charge is 0.493 e. The van der Waals surface area contributed by atoms with E-state index in [-0.39, 0.29) is 0 Å². The van der Waals surface area contributed by atoms with Crippen molar-refractivity contribution >= 4 is 10.8 Å². The lowest BCUT2D eigenvalue weighted by atomic mass is 9.97. The van der Waals surface area contributed by atoms with E-state index >= 15 is 0 Å². The van der Waals surface area contributed by atoms with E-state index in [1.165, 1.54) is 27.5 Å². The van der Waals surface area contributed by atoms with E-state index in [9.17, 15) is 0 Å². The van der Waals surface area contributed by atoms with E-state index in [1.807, 2.05) is 0 Å². The molecule has 2 unspecified atom stereocenters. The quantitative estimate of drug-likeness (QED) is 0.495. The molecule has 0 bridgehead atoms. The summed E-state index contributed by atoms with van der Waals surface area (Å²) in [6.45, 7) is 6.59. The molecular weight excluding hydrogens is 384 g/mol. The van der Waals surface area contributed by atoms with Crippen LogP contribution in [0.4, 0.5) is 0 Å². The molecule has 164 valence electrons. The minimum atomic E-state index is 0.335. The minimum Gasteiger partial charge on any atom is -0.493 e. The molecule has 2 atom stereocenters. The number of nitrogens with zero attached hydrogens (tertiary/aromatic N) is 2. The van der Waals surface area contributed by atoms with Crippen molar-refractivity contribution in [3.05, 3.63) is 71.3 Å². The van der Waals surface area contributed by atoms with Crippen molar-refractivity contribution < 1.29 is 9.47 Å². The first-order valence-electron chi connectivity index (χ1n) is 11.2. The zero-order valence-electron chi connectivity index (χ0n) is 19.4. The molecule has 1 heterocycles. The van der Waals surface area contributed by atoms with Gasteiger partial charge in [-0.1, -0.05) is 43.3 Å². The van der Waals surface area contributed by atoms with Crippen LogP contribution in [0.2, 0.25) is 0 Å². The second-order valence-electron chi connectivity index (χ2n) is 8.53. The summed E-state index contributed by atoms with van der Waals surface area (Å²) < 4.78 is 11.0. The average Bonchev–Trinajstić information content (AvgIpc) is 2.82. The van der Waals surface area contributed by atoms with Crippen LogP contribution >= 0.6 is 0 Å². The molecule has 4 nitrogen and oxygen atoms in total. The van der Waals surface area contributed by atoms with Gasteiger partial charge in [0.1, 0.15) is 0 Å². The molecule has 4 rings (SSSR count). The summed E-state index contributed by atoms with van der Waals surface area (Å²) in [5.74, 6) is 1.64. The van der Waals surface area contributed by atoms with Gasteiger partial charge in [-0.2, -0.15) is 0 Å². The van der Waals surface area contributed by atoms with Gasteiger partial charge in [0.2, 0.25) is 0 Å². The van der Waals surface area contributed by atoms with Crippen LogP contribution in [0.5, 0.6) is 11.5 Å². The van der Waals surface area contributed by atoms with Gasteiger partial charge < -0.3 is 9.47 Å². The zero-order valence-corrected chi connectivity index (χ0v) is 19.4. The first-order valence-corrected chi connectivity index (χ1v) is 11.2. The average molecular weight is 419 g/mol. The van der Waals surface area contributed by atoms with E-state index in [2.05, 4.69) is 85.3 Å². The predicted molar refractivity (Wildman–Crippen MR) is 128 cm³/mol. The number of rotatable bonds is 7. The van der Waals surface area contributed by atoms with Gasteiger partial charge in [0.25, 0.3) is 0 Å². The zero-order chi connectivity index (χ0) is 22.0. The molecule has 31 heavy (non-hydrogen) atoms. The van der Waals surface area contributed by atoms with E-state index in [4.69, 9.17) is 9.47 Å². The van der Waals surface area contributed by atoms with E-state index < -0.39 is 0 Å².